The molecule has 1 saturated heterocycles. The molecule has 25 heavy (non-hydrogen) atoms. The third-order valence-corrected chi connectivity index (χ3v) is 10.5. The molecule has 3 nitrogen and oxygen atoms in total. The first-order valence-electron chi connectivity index (χ1n) is 8.94. The van der Waals surface area contributed by atoms with E-state index >= 15 is 0 Å². The van der Waals surface area contributed by atoms with Gasteiger partial charge in [-0.05, 0) is 69.0 Å². The van der Waals surface area contributed by atoms with Gasteiger partial charge in [-0.3, -0.25) is 0 Å². The average molecular weight is 366 g/mol. The molecule has 0 aromatic heterocycles. The molecule has 1 heterocycles. The lowest BCUT2D eigenvalue weighted by Gasteiger charge is -2.36. The Morgan fingerprint density at radius 3 is 2.08 bits per heavy atom. The van der Waals surface area contributed by atoms with E-state index < -0.39 is 26.6 Å². The SMILES string of the molecule is CC1(C)OB(c2ccc(F)cc2CO[Si](C)(C)C(C)(C)C)OC1(C)C. The van der Waals surface area contributed by atoms with Crippen molar-refractivity contribution < 1.29 is 18.1 Å². The van der Waals surface area contributed by atoms with E-state index in [0.29, 0.717) is 6.61 Å². The first-order chi connectivity index (χ1) is 11.2. The lowest BCUT2D eigenvalue weighted by atomic mass is 9.76. The molecule has 0 spiro atoms. The van der Waals surface area contributed by atoms with Crippen LogP contribution in [0.25, 0.3) is 0 Å². The fourth-order valence-electron chi connectivity index (χ4n) is 2.37. The molecular formula is C19H32BFO3Si. The molecule has 0 atom stereocenters. The first kappa shape index (κ1) is 20.6. The van der Waals surface area contributed by atoms with Gasteiger partial charge in [-0.25, -0.2) is 4.39 Å². The average Bonchev–Trinajstić information content (AvgIpc) is 2.64. The van der Waals surface area contributed by atoms with Gasteiger partial charge in [-0.1, -0.05) is 26.8 Å². The van der Waals surface area contributed by atoms with Gasteiger partial charge in [0.2, 0.25) is 0 Å². The van der Waals surface area contributed by atoms with Crippen molar-refractivity contribution in [3.8, 4) is 0 Å². The molecule has 1 fully saturated rings. The molecule has 1 aliphatic heterocycles. The van der Waals surface area contributed by atoms with Gasteiger partial charge in [0.15, 0.2) is 8.32 Å². The molecule has 0 N–H and O–H groups in total. The highest BCUT2D eigenvalue weighted by Crippen LogP contribution is 2.38. The summed E-state index contributed by atoms with van der Waals surface area (Å²) < 4.78 is 32.4. The minimum atomic E-state index is -1.93. The van der Waals surface area contributed by atoms with Crippen molar-refractivity contribution in [2.24, 2.45) is 0 Å². The molecule has 1 aromatic rings. The molecule has 0 unspecified atom stereocenters. The molecule has 1 aliphatic rings. The van der Waals surface area contributed by atoms with E-state index in [0.717, 1.165) is 11.0 Å². The summed E-state index contributed by atoms with van der Waals surface area (Å²) >= 11 is 0. The van der Waals surface area contributed by atoms with Crippen LogP contribution < -0.4 is 5.46 Å². The predicted octanol–water partition coefficient (Wildman–Crippen LogP) is 4.65. The smallest absolute Gasteiger partial charge is 0.413 e. The summed E-state index contributed by atoms with van der Waals surface area (Å²) in [5, 5.41) is 0.102. The van der Waals surface area contributed by atoms with Crippen LogP contribution in [-0.2, 0) is 20.3 Å². The third-order valence-electron chi connectivity index (χ3n) is 6.01. The second-order valence-electron chi connectivity index (χ2n) is 9.48. The van der Waals surface area contributed by atoms with Crippen LogP contribution in [0.1, 0.15) is 54.0 Å². The van der Waals surface area contributed by atoms with E-state index in [1.165, 1.54) is 12.1 Å². The van der Waals surface area contributed by atoms with Gasteiger partial charge >= 0.3 is 7.12 Å². The van der Waals surface area contributed by atoms with Gasteiger partial charge in [0, 0.05) is 0 Å². The van der Waals surface area contributed by atoms with Crippen molar-refractivity contribution in [2.75, 3.05) is 0 Å². The van der Waals surface area contributed by atoms with Crippen LogP contribution >= 0.6 is 0 Å². The second-order valence-corrected chi connectivity index (χ2v) is 14.3. The van der Waals surface area contributed by atoms with Crippen molar-refractivity contribution in [1.82, 2.24) is 0 Å². The van der Waals surface area contributed by atoms with Crippen molar-refractivity contribution >= 4 is 20.9 Å². The Balaban J connectivity index is 2.28. The minimum Gasteiger partial charge on any atom is -0.413 e. The van der Waals surface area contributed by atoms with Crippen LogP contribution in [0.4, 0.5) is 4.39 Å². The monoisotopic (exact) mass is 366 g/mol. The van der Waals surface area contributed by atoms with Gasteiger partial charge in [0.1, 0.15) is 5.82 Å². The lowest BCUT2D eigenvalue weighted by Crippen LogP contribution is -2.42. The number of hydrogen-bond acceptors (Lipinski definition) is 3. The molecule has 6 heteroatoms. The summed E-state index contributed by atoms with van der Waals surface area (Å²) in [5.41, 5.74) is 0.787. The highest BCUT2D eigenvalue weighted by Gasteiger charge is 2.52. The van der Waals surface area contributed by atoms with E-state index in [-0.39, 0.29) is 10.9 Å². The molecule has 140 valence electrons. The van der Waals surface area contributed by atoms with E-state index in [2.05, 4.69) is 33.9 Å². The highest BCUT2D eigenvalue weighted by atomic mass is 28.4. The zero-order valence-corrected chi connectivity index (χ0v) is 18.1. The summed E-state index contributed by atoms with van der Waals surface area (Å²) in [7, 11) is -2.44. The van der Waals surface area contributed by atoms with E-state index in [1.54, 1.807) is 6.07 Å². The van der Waals surface area contributed by atoms with Crippen LogP contribution in [0.3, 0.4) is 0 Å². The first-order valence-corrected chi connectivity index (χ1v) is 11.8. The largest absolute Gasteiger partial charge is 0.495 e. The molecule has 2 rings (SSSR count). The van der Waals surface area contributed by atoms with E-state index in [1.807, 2.05) is 27.7 Å². The number of hydrogen-bond donors (Lipinski definition) is 0. The topological polar surface area (TPSA) is 27.7 Å². The van der Waals surface area contributed by atoms with Crippen molar-refractivity contribution in [3.05, 3.63) is 29.6 Å². The highest BCUT2D eigenvalue weighted by molar-refractivity contribution is 6.74. The summed E-state index contributed by atoms with van der Waals surface area (Å²) in [6.45, 7) is 19.4. The molecule has 0 bridgehead atoms. The van der Waals surface area contributed by atoms with E-state index in [4.69, 9.17) is 13.7 Å². The summed E-state index contributed by atoms with van der Waals surface area (Å²) in [4.78, 5) is 0. The van der Waals surface area contributed by atoms with Gasteiger partial charge in [-0.15, -0.1) is 0 Å². The number of halogens is 1. The van der Waals surface area contributed by atoms with Crippen LogP contribution in [-0.4, -0.2) is 26.6 Å². The Hall–Kier alpha value is -0.688. The lowest BCUT2D eigenvalue weighted by molar-refractivity contribution is 0.00578. The van der Waals surface area contributed by atoms with Gasteiger partial charge in [-0.2, -0.15) is 0 Å². The fraction of sp³-hybridized carbons (Fsp3) is 0.684. The molecule has 0 radical (unpaired) electrons. The maximum atomic E-state index is 13.9. The van der Waals surface area contributed by atoms with Crippen LogP contribution in [0.5, 0.6) is 0 Å². The maximum Gasteiger partial charge on any atom is 0.495 e. The number of rotatable bonds is 4. The van der Waals surface area contributed by atoms with E-state index in [9.17, 15) is 4.39 Å². The van der Waals surface area contributed by atoms with Gasteiger partial charge in [0.05, 0.1) is 17.8 Å². The molecule has 0 saturated carbocycles. The number of benzene rings is 1. The zero-order valence-electron chi connectivity index (χ0n) is 17.1. The fourth-order valence-corrected chi connectivity index (χ4v) is 3.32. The zero-order chi connectivity index (χ0) is 19.3. The quantitative estimate of drug-likeness (QED) is 0.726. The molecule has 0 amide bonds. The van der Waals surface area contributed by atoms with Crippen molar-refractivity contribution in [2.45, 2.75) is 84.4 Å². The van der Waals surface area contributed by atoms with Crippen LogP contribution in [0, 0.1) is 5.82 Å². The Labute approximate surface area is 153 Å². The van der Waals surface area contributed by atoms with Crippen molar-refractivity contribution in [3.63, 3.8) is 0 Å². The minimum absolute atomic E-state index is 0.102. The normalized spacial score (nSPS) is 20.2. The van der Waals surface area contributed by atoms with Crippen LogP contribution in [0.15, 0.2) is 18.2 Å². The molecule has 1 aromatic carbocycles. The summed E-state index contributed by atoms with van der Waals surface area (Å²) in [5.74, 6) is -0.269. The Kier molecular flexibility index (Phi) is 5.35. The summed E-state index contributed by atoms with van der Waals surface area (Å²) in [6.07, 6.45) is 0. The van der Waals surface area contributed by atoms with Crippen LogP contribution in [0.2, 0.25) is 18.1 Å². The Bertz CT molecular complexity index is 622. The van der Waals surface area contributed by atoms with Gasteiger partial charge in [0.25, 0.3) is 0 Å². The van der Waals surface area contributed by atoms with Gasteiger partial charge < -0.3 is 13.7 Å². The Morgan fingerprint density at radius 2 is 1.60 bits per heavy atom. The maximum absolute atomic E-state index is 13.9. The van der Waals surface area contributed by atoms with Crippen molar-refractivity contribution in [1.29, 1.82) is 0 Å². The third kappa shape index (κ3) is 4.18. The summed E-state index contributed by atoms with van der Waals surface area (Å²) in [6, 6.07) is 4.74. The predicted molar refractivity (Wildman–Crippen MR) is 104 cm³/mol. The molecular weight excluding hydrogens is 334 g/mol. The second kappa shape index (κ2) is 6.48. The standard InChI is InChI=1S/C19H32BFO3Si/c1-17(2,3)25(8,9)22-13-14-12-15(21)10-11-16(14)20-23-18(4,5)19(6,7)24-20/h10-12H,13H2,1-9H3. The Morgan fingerprint density at radius 1 is 1.08 bits per heavy atom. The molecule has 0 aliphatic carbocycles.